The number of carbonyl (C=O) groups excluding carboxylic acids is 1. The van der Waals surface area contributed by atoms with Crippen molar-refractivity contribution in [3.63, 3.8) is 0 Å². The lowest BCUT2D eigenvalue weighted by atomic mass is 10.2. The van der Waals surface area contributed by atoms with Gasteiger partial charge in [0.15, 0.2) is 0 Å². The van der Waals surface area contributed by atoms with Crippen LogP contribution in [0.1, 0.15) is 32.6 Å². The molecule has 0 saturated heterocycles. The molecule has 1 N–H and O–H groups in total. The fourth-order valence-electron chi connectivity index (χ4n) is 1.12. The molecule has 0 bridgehead atoms. The summed E-state index contributed by atoms with van der Waals surface area (Å²) in [6, 6.07) is 0. The highest BCUT2D eigenvalue weighted by Gasteiger charge is 2.05. The zero-order valence-corrected chi connectivity index (χ0v) is 9.77. The molecular formula is C9H19N3O4. The molecule has 0 aliphatic heterocycles. The van der Waals surface area contributed by atoms with Crippen molar-refractivity contribution >= 4 is 5.91 Å². The van der Waals surface area contributed by atoms with Crippen LogP contribution in [0.3, 0.4) is 0 Å². The SMILES string of the molecule is CCN(C)C(=O)CCCCCNO[N+](=O)[O-]. The van der Waals surface area contributed by atoms with Crippen LogP contribution in [0.15, 0.2) is 0 Å². The van der Waals surface area contributed by atoms with E-state index in [1.807, 2.05) is 6.92 Å². The number of amides is 1. The van der Waals surface area contributed by atoms with Gasteiger partial charge in [0.1, 0.15) is 0 Å². The van der Waals surface area contributed by atoms with Crippen LogP contribution in [0.2, 0.25) is 0 Å². The lowest BCUT2D eigenvalue weighted by Crippen LogP contribution is -2.25. The minimum atomic E-state index is -0.889. The largest absolute Gasteiger partial charge is 0.346 e. The molecule has 0 heterocycles. The molecule has 1 amide bonds. The third-order valence-electron chi connectivity index (χ3n) is 2.21. The minimum absolute atomic E-state index is 0.136. The van der Waals surface area contributed by atoms with Crippen LogP contribution in [0.25, 0.3) is 0 Å². The van der Waals surface area contributed by atoms with Crippen LogP contribution in [0, 0.1) is 10.1 Å². The molecule has 94 valence electrons. The lowest BCUT2D eigenvalue weighted by molar-refractivity contribution is -0.776. The number of unbranched alkanes of at least 4 members (excludes halogenated alkanes) is 2. The molecule has 0 rings (SSSR count). The second-order valence-corrected chi connectivity index (χ2v) is 3.43. The highest BCUT2D eigenvalue weighted by Crippen LogP contribution is 2.01. The van der Waals surface area contributed by atoms with Crippen LogP contribution in [0.4, 0.5) is 0 Å². The van der Waals surface area contributed by atoms with E-state index in [1.54, 1.807) is 11.9 Å². The fraction of sp³-hybridized carbons (Fsp3) is 0.889. The van der Waals surface area contributed by atoms with Crippen molar-refractivity contribution in [1.29, 1.82) is 0 Å². The van der Waals surface area contributed by atoms with Crippen molar-refractivity contribution in [2.75, 3.05) is 20.1 Å². The second-order valence-electron chi connectivity index (χ2n) is 3.43. The molecule has 0 spiro atoms. The number of hydrogen-bond acceptors (Lipinski definition) is 5. The maximum Gasteiger partial charge on any atom is 0.311 e. The molecule has 0 aromatic heterocycles. The number of rotatable bonds is 9. The van der Waals surface area contributed by atoms with Crippen molar-refractivity contribution in [3.8, 4) is 0 Å². The molecule has 7 nitrogen and oxygen atoms in total. The third kappa shape index (κ3) is 7.98. The predicted octanol–water partition coefficient (Wildman–Crippen LogP) is 0.738. The molecule has 0 aliphatic carbocycles. The Bertz CT molecular complexity index is 223. The first-order valence-corrected chi connectivity index (χ1v) is 5.36. The van der Waals surface area contributed by atoms with Gasteiger partial charge in [-0.2, -0.15) is 5.48 Å². The number of nitrogens with zero attached hydrogens (tertiary/aromatic N) is 2. The molecule has 0 aromatic carbocycles. The first-order valence-electron chi connectivity index (χ1n) is 5.36. The van der Waals surface area contributed by atoms with Gasteiger partial charge in [-0.05, 0) is 19.8 Å². The van der Waals surface area contributed by atoms with Gasteiger partial charge >= 0.3 is 5.09 Å². The van der Waals surface area contributed by atoms with Gasteiger partial charge in [-0.3, -0.25) is 4.79 Å². The summed E-state index contributed by atoms with van der Waals surface area (Å²) < 4.78 is 0. The zero-order valence-electron chi connectivity index (χ0n) is 9.77. The molecular weight excluding hydrogens is 214 g/mol. The fourth-order valence-corrected chi connectivity index (χ4v) is 1.12. The van der Waals surface area contributed by atoms with Crippen LogP contribution in [0.5, 0.6) is 0 Å². The number of hydrogen-bond donors (Lipinski definition) is 1. The van der Waals surface area contributed by atoms with Crippen molar-refractivity contribution in [2.45, 2.75) is 32.6 Å². The summed E-state index contributed by atoms with van der Waals surface area (Å²) in [7, 11) is 1.77. The van der Waals surface area contributed by atoms with E-state index in [2.05, 4.69) is 10.4 Å². The molecule has 0 aliphatic rings. The summed E-state index contributed by atoms with van der Waals surface area (Å²) in [6.07, 6.45) is 2.91. The van der Waals surface area contributed by atoms with Gasteiger partial charge in [0.2, 0.25) is 5.91 Å². The summed E-state index contributed by atoms with van der Waals surface area (Å²) in [5.41, 5.74) is 2.21. The predicted molar refractivity (Wildman–Crippen MR) is 57.9 cm³/mol. The van der Waals surface area contributed by atoms with Gasteiger partial charge in [0.25, 0.3) is 0 Å². The zero-order chi connectivity index (χ0) is 12.4. The van der Waals surface area contributed by atoms with Crippen molar-refractivity contribution in [3.05, 3.63) is 10.1 Å². The van der Waals surface area contributed by atoms with E-state index in [9.17, 15) is 14.9 Å². The Hall–Kier alpha value is -1.37. The summed E-state index contributed by atoms with van der Waals surface area (Å²) >= 11 is 0. The van der Waals surface area contributed by atoms with Crippen molar-refractivity contribution < 1.29 is 14.8 Å². The Morgan fingerprint density at radius 1 is 1.44 bits per heavy atom. The molecule has 0 atom stereocenters. The standard InChI is InChI=1S/C9H19N3O4/c1-3-11(2)9(13)7-5-4-6-8-10-16-12(14)15/h10H,3-8H2,1-2H3. The normalized spacial score (nSPS) is 9.88. The van der Waals surface area contributed by atoms with Gasteiger partial charge in [-0.15, -0.1) is 10.1 Å². The second kappa shape index (κ2) is 8.90. The number of nitrogens with one attached hydrogen (secondary N) is 1. The van der Waals surface area contributed by atoms with E-state index in [0.29, 0.717) is 13.0 Å². The lowest BCUT2D eigenvalue weighted by Gasteiger charge is -2.13. The Morgan fingerprint density at radius 2 is 2.12 bits per heavy atom. The molecule has 0 aromatic rings. The van der Waals surface area contributed by atoms with Crippen molar-refractivity contribution in [1.82, 2.24) is 10.4 Å². The summed E-state index contributed by atoms with van der Waals surface area (Å²) in [5, 5.41) is 8.87. The van der Waals surface area contributed by atoms with E-state index in [4.69, 9.17) is 0 Å². The van der Waals surface area contributed by atoms with Crippen LogP contribution in [-0.4, -0.2) is 36.0 Å². The minimum Gasteiger partial charge on any atom is -0.346 e. The Balaban J connectivity index is 3.27. The van der Waals surface area contributed by atoms with Gasteiger partial charge < -0.3 is 4.90 Å². The topological polar surface area (TPSA) is 84.7 Å². The quantitative estimate of drug-likeness (QED) is 0.360. The highest BCUT2D eigenvalue weighted by molar-refractivity contribution is 5.75. The van der Waals surface area contributed by atoms with E-state index in [-0.39, 0.29) is 5.91 Å². The summed E-state index contributed by atoms with van der Waals surface area (Å²) in [4.78, 5) is 26.7. The summed E-state index contributed by atoms with van der Waals surface area (Å²) in [6.45, 7) is 3.06. The molecule has 16 heavy (non-hydrogen) atoms. The van der Waals surface area contributed by atoms with Gasteiger partial charge in [0, 0.05) is 26.6 Å². The average Bonchev–Trinajstić information content (AvgIpc) is 2.25. The van der Waals surface area contributed by atoms with Crippen molar-refractivity contribution in [2.24, 2.45) is 0 Å². The average molecular weight is 233 g/mol. The van der Waals surface area contributed by atoms with Crippen LogP contribution < -0.4 is 5.48 Å². The molecule has 0 unspecified atom stereocenters. The Labute approximate surface area is 94.8 Å². The van der Waals surface area contributed by atoms with Crippen LogP contribution in [-0.2, 0) is 9.73 Å². The van der Waals surface area contributed by atoms with E-state index >= 15 is 0 Å². The van der Waals surface area contributed by atoms with E-state index < -0.39 is 5.09 Å². The summed E-state index contributed by atoms with van der Waals surface area (Å²) in [5.74, 6) is 0.136. The Morgan fingerprint density at radius 3 is 2.69 bits per heavy atom. The molecule has 0 saturated carbocycles. The van der Waals surface area contributed by atoms with E-state index in [1.165, 1.54) is 0 Å². The number of hydroxylamine groups is 1. The first kappa shape index (κ1) is 14.6. The molecule has 7 heteroatoms. The van der Waals surface area contributed by atoms with Gasteiger partial charge in [-0.25, -0.2) is 4.94 Å². The molecule has 0 radical (unpaired) electrons. The maximum absolute atomic E-state index is 11.3. The van der Waals surface area contributed by atoms with Crippen LogP contribution >= 0.6 is 0 Å². The highest BCUT2D eigenvalue weighted by atomic mass is 17.0. The van der Waals surface area contributed by atoms with Gasteiger partial charge in [-0.1, -0.05) is 6.42 Å². The first-order chi connectivity index (χ1) is 7.57. The van der Waals surface area contributed by atoms with Gasteiger partial charge in [0.05, 0.1) is 0 Å². The maximum atomic E-state index is 11.3. The smallest absolute Gasteiger partial charge is 0.311 e. The third-order valence-corrected chi connectivity index (χ3v) is 2.21. The Kier molecular flexibility index (Phi) is 8.14. The number of carbonyl (C=O) groups is 1. The van der Waals surface area contributed by atoms with E-state index in [0.717, 1.165) is 25.8 Å². The molecule has 0 fully saturated rings. The monoisotopic (exact) mass is 233 g/mol.